The predicted octanol–water partition coefficient (Wildman–Crippen LogP) is 1.38. The Balaban J connectivity index is 2.87. The first kappa shape index (κ1) is 12.8. The van der Waals surface area contributed by atoms with Crippen molar-refractivity contribution in [3.63, 3.8) is 0 Å². The summed E-state index contributed by atoms with van der Waals surface area (Å²) in [4.78, 5) is 24.1. The van der Waals surface area contributed by atoms with Crippen LogP contribution in [0.15, 0.2) is 21.2 Å². The van der Waals surface area contributed by atoms with E-state index in [-0.39, 0.29) is 24.3 Å². The zero-order valence-corrected chi connectivity index (χ0v) is 10.7. The molecule has 0 unspecified atom stereocenters. The first-order chi connectivity index (χ1) is 7.41. The summed E-state index contributed by atoms with van der Waals surface area (Å²) in [7, 11) is 0. The molecule has 6 heteroatoms. The Hall–Kier alpha value is -1.30. The van der Waals surface area contributed by atoms with Crippen LogP contribution in [0.1, 0.15) is 24.4 Å². The lowest BCUT2D eigenvalue weighted by Crippen LogP contribution is -2.42. The minimum Gasteiger partial charge on any atom is -0.444 e. The fourth-order valence-electron chi connectivity index (χ4n) is 1.23. The van der Waals surface area contributed by atoms with Gasteiger partial charge in [-0.2, -0.15) is 0 Å². The molecule has 0 spiro atoms. The van der Waals surface area contributed by atoms with Gasteiger partial charge in [0.1, 0.15) is 0 Å². The van der Waals surface area contributed by atoms with Gasteiger partial charge in [0.05, 0.1) is 6.54 Å². The lowest BCUT2D eigenvalue weighted by atomic mass is 10.2. The van der Waals surface area contributed by atoms with Crippen molar-refractivity contribution in [2.45, 2.75) is 19.9 Å². The molecule has 1 rings (SSSR count). The second-order valence-corrected chi connectivity index (χ2v) is 4.38. The molecule has 0 radical (unpaired) electrons. The molecular weight excluding hydrogens is 276 g/mol. The largest absolute Gasteiger partial charge is 0.444 e. The number of amides is 2. The van der Waals surface area contributed by atoms with Crippen LogP contribution >= 0.6 is 15.9 Å². The fourth-order valence-corrected chi connectivity index (χ4v) is 1.53. The third-order valence-corrected chi connectivity index (χ3v) is 2.42. The Kier molecular flexibility index (Phi) is 4.12. The first-order valence-corrected chi connectivity index (χ1v) is 5.55. The van der Waals surface area contributed by atoms with Crippen molar-refractivity contribution in [3.05, 3.63) is 22.6 Å². The monoisotopic (exact) mass is 288 g/mol. The Morgan fingerprint density at radius 3 is 2.50 bits per heavy atom. The van der Waals surface area contributed by atoms with Gasteiger partial charge in [0.15, 0.2) is 10.4 Å². The van der Waals surface area contributed by atoms with E-state index in [2.05, 4.69) is 15.9 Å². The SMILES string of the molecule is CC(C)N(CC(N)=O)C(=O)c1ccc(Br)o1. The van der Waals surface area contributed by atoms with Gasteiger partial charge in [-0.05, 0) is 41.9 Å². The van der Waals surface area contributed by atoms with Gasteiger partial charge in [-0.1, -0.05) is 0 Å². The fraction of sp³-hybridized carbons (Fsp3) is 0.400. The molecule has 0 saturated heterocycles. The Labute approximate surface area is 102 Å². The summed E-state index contributed by atoms with van der Waals surface area (Å²) in [6.07, 6.45) is 0. The van der Waals surface area contributed by atoms with E-state index in [9.17, 15) is 9.59 Å². The van der Waals surface area contributed by atoms with Crippen LogP contribution < -0.4 is 5.73 Å². The number of rotatable bonds is 4. The summed E-state index contributed by atoms with van der Waals surface area (Å²) in [6.45, 7) is 3.49. The van der Waals surface area contributed by atoms with Crippen LogP contribution in [-0.4, -0.2) is 29.3 Å². The van der Waals surface area contributed by atoms with Crippen LogP contribution in [0, 0.1) is 0 Å². The summed E-state index contributed by atoms with van der Waals surface area (Å²) >= 11 is 3.11. The molecule has 88 valence electrons. The van der Waals surface area contributed by atoms with Gasteiger partial charge in [-0.15, -0.1) is 0 Å². The number of nitrogens with two attached hydrogens (primary N) is 1. The molecule has 2 amide bonds. The van der Waals surface area contributed by atoms with Crippen molar-refractivity contribution in [1.29, 1.82) is 0 Å². The van der Waals surface area contributed by atoms with E-state index in [4.69, 9.17) is 10.2 Å². The molecular formula is C10H13BrN2O3. The molecule has 0 aromatic carbocycles. The first-order valence-electron chi connectivity index (χ1n) is 4.76. The molecule has 1 aromatic rings. The molecule has 16 heavy (non-hydrogen) atoms. The molecule has 0 atom stereocenters. The van der Waals surface area contributed by atoms with Crippen LogP contribution in [-0.2, 0) is 4.79 Å². The highest BCUT2D eigenvalue weighted by molar-refractivity contribution is 9.10. The normalized spacial score (nSPS) is 10.5. The molecule has 0 aliphatic carbocycles. The van der Waals surface area contributed by atoms with E-state index in [1.165, 1.54) is 4.90 Å². The maximum atomic E-state index is 11.9. The highest BCUT2D eigenvalue weighted by atomic mass is 79.9. The molecule has 0 saturated carbocycles. The topological polar surface area (TPSA) is 76.5 Å². The lowest BCUT2D eigenvalue weighted by Gasteiger charge is -2.24. The van der Waals surface area contributed by atoms with Gasteiger partial charge in [-0.25, -0.2) is 0 Å². The zero-order chi connectivity index (χ0) is 12.3. The Bertz CT molecular complexity index is 401. The van der Waals surface area contributed by atoms with Crippen molar-refractivity contribution in [2.75, 3.05) is 6.54 Å². The number of furan rings is 1. The zero-order valence-electron chi connectivity index (χ0n) is 9.07. The molecule has 0 bridgehead atoms. The summed E-state index contributed by atoms with van der Waals surface area (Å²) in [5.74, 6) is -0.714. The van der Waals surface area contributed by atoms with E-state index in [1.54, 1.807) is 26.0 Å². The summed E-state index contributed by atoms with van der Waals surface area (Å²) in [5.41, 5.74) is 5.08. The molecule has 1 aromatic heterocycles. The molecule has 2 N–H and O–H groups in total. The van der Waals surface area contributed by atoms with Gasteiger partial charge in [0.2, 0.25) is 5.91 Å². The molecule has 5 nitrogen and oxygen atoms in total. The van der Waals surface area contributed by atoms with Crippen molar-refractivity contribution >= 4 is 27.7 Å². The van der Waals surface area contributed by atoms with E-state index >= 15 is 0 Å². The van der Waals surface area contributed by atoms with E-state index in [1.807, 2.05) is 0 Å². The summed E-state index contributed by atoms with van der Waals surface area (Å²) in [6, 6.07) is 3.04. The molecule has 0 fully saturated rings. The third-order valence-electron chi connectivity index (χ3n) is 1.99. The summed E-state index contributed by atoms with van der Waals surface area (Å²) in [5, 5.41) is 0. The van der Waals surface area contributed by atoms with Crippen molar-refractivity contribution < 1.29 is 14.0 Å². The summed E-state index contributed by atoms with van der Waals surface area (Å²) < 4.78 is 5.60. The van der Waals surface area contributed by atoms with E-state index in [0.717, 1.165) is 0 Å². The average Bonchev–Trinajstić information content (AvgIpc) is 2.59. The van der Waals surface area contributed by atoms with Crippen molar-refractivity contribution in [2.24, 2.45) is 5.73 Å². The van der Waals surface area contributed by atoms with Gasteiger partial charge in [-0.3, -0.25) is 9.59 Å². The number of nitrogens with zero attached hydrogens (tertiary/aromatic N) is 1. The van der Waals surface area contributed by atoms with Gasteiger partial charge in [0.25, 0.3) is 5.91 Å². The highest BCUT2D eigenvalue weighted by Crippen LogP contribution is 2.16. The van der Waals surface area contributed by atoms with Crippen LogP contribution in [0.2, 0.25) is 0 Å². The van der Waals surface area contributed by atoms with Crippen LogP contribution in [0.25, 0.3) is 0 Å². The minimum absolute atomic E-state index is 0.116. The van der Waals surface area contributed by atoms with Gasteiger partial charge < -0.3 is 15.1 Å². The molecule has 1 heterocycles. The molecule has 0 aliphatic heterocycles. The standard InChI is InChI=1S/C10H13BrN2O3/c1-6(2)13(5-9(12)14)10(15)7-3-4-8(11)16-7/h3-4,6H,5H2,1-2H3,(H2,12,14). The quantitative estimate of drug-likeness (QED) is 0.909. The number of hydrogen-bond donors (Lipinski definition) is 1. The average molecular weight is 289 g/mol. The van der Waals surface area contributed by atoms with Crippen molar-refractivity contribution in [3.8, 4) is 0 Å². The Morgan fingerprint density at radius 2 is 2.12 bits per heavy atom. The number of carbonyl (C=O) groups excluding carboxylic acids is 2. The van der Waals surface area contributed by atoms with E-state index in [0.29, 0.717) is 4.67 Å². The lowest BCUT2D eigenvalue weighted by molar-refractivity contribution is -0.119. The number of hydrogen-bond acceptors (Lipinski definition) is 3. The number of carbonyl (C=O) groups is 2. The van der Waals surface area contributed by atoms with Crippen molar-refractivity contribution in [1.82, 2.24) is 4.90 Å². The Morgan fingerprint density at radius 1 is 1.50 bits per heavy atom. The predicted molar refractivity (Wildman–Crippen MR) is 61.8 cm³/mol. The highest BCUT2D eigenvalue weighted by Gasteiger charge is 2.22. The number of halogens is 1. The minimum atomic E-state index is -0.548. The van der Waals surface area contributed by atoms with E-state index < -0.39 is 5.91 Å². The molecule has 0 aliphatic rings. The maximum Gasteiger partial charge on any atom is 0.290 e. The smallest absolute Gasteiger partial charge is 0.290 e. The number of primary amides is 1. The third kappa shape index (κ3) is 3.10. The van der Waals surface area contributed by atoms with Crippen LogP contribution in [0.5, 0.6) is 0 Å². The second-order valence-electron chi connectivity index (χ2n) is 3.60. The second kappa shape index (κ2) is 5.16. The van der Waals surface area contributed by atoms with Gasteiger partial charge >= 0.3 is 0 Å². The van der Waals surface area contributed by atoms with Gasteiger partial charge in [0, 0.05) is 6.04 Å². The maximum absolute atomic E-state index is 11.9. The van der Waals surface area contributed by atoms with Crippen LogP contribution in [0.3, 0.4) is 0 Å². The van der Waals surface area contributed by atoms with Crippen LogP contribution in [0.4, 0.5) is 0 Å².